The van der Waals surface area contributed by atoms with Gasteiger partial charge in [0.1, 0.15) is 0 Å². The largest absolute Gasteiger partial charge is 0.393 e. The molecule has 2 N–H and O–H groups in total. The van der Waals surface area contributed by atoms with Gasteiger partial charge < -0.3 is 15.3 Å². The SMILES string of the molecule is CCC(O)CCNC(=O)c1cc(C)ccc1N1CCCC1. The van der Waals surface area contributed by atoms with Crippen molar-refractivity contribution in [2.45, 2.75) is 45.6 Å². The Morgan fingerprint density at radius 3 is 2.76 bits per heavy atom. The topological polar surface area (TPSA) is 52.6 Å². The zero-order valence-corrected chi connectivity index (χ0v) is 13.1. The van der Waals surface area contributed by atoms with Crippen LogP contribution >= 0.6 is 0 Å². The number of hydrogen-bond acceptors (Lipinski definition) is 3. The van der Waals surface area contributed by atoms with Gasteiger partial charge in [-0.25, -0.2) is 0 Å². The number of amides is 1. The van der Waals surface area contributed by atoms with Crippen LogP contribution in [0, 0.1) is 6.92 Å². The van der Waals surface area contributed by atoms with E-state index in [9.17, 15) is 9.90 Å². The maximum absolute atomic E-state index is 12.4. The van der Waals surface area contributed by atoms with Crippen molar-refractivity contribution in [3.8, 4) is 0 Å². The average molecular weight is 290 g/mol. The first-order valence-electron chi connectivity index (χ1n) is 7.93. The van der Waals surface area contributed by atoms with Crippen molar-refractivity contribution in [1.82, 2.24) is 5.32 Å². The van der Waals surface area contributed by atoms with Crippen molar-refractivity contribution < 1.29 is 9.90 Å². The molecule has 1 aliphatic rings. The number of aliphatic hydroxyl groups is 1. The standard InChI is InChI=1S/C17H26N2O2/c1-3-14(20)8-9-18-17(21)15-12-13(2)6-7-16(15)19-10-4-5-11-19/h6-7,12,14,20H,3-5,8-11H2,1-2H3,(H,18,21). The van der Waals surface area contributed by atoms with Crippen LogP contribution in [0.2, 0.25) is 0 Å². The maximum Gasteiger partial charge on any atom is 0.253 e. The molecule has 1 aliphatic heterocycles. The molecule has 4 nitrogen and oxygen atoms in total. The third kappa shape index (κ3) is 4.21. The van der Waals surface area contributed by atoms with E-state index in [0.717, 1.165) is 36.3 Å². The Bertz CT molecular complexity index is 482. The Hall–Kier alpha value is -1.55. The molecule has 0 radical (unpaired) electrons. The molecule has 0 bridgehead atoms. The van der Waals surface area contributed by atoms with E-state index in [1.54, 1.807) is 0 Å². The Morgan fingerprint density at radius 1 is 1.38 bits per heavy atom. The number of nitrogens with one attached hydrogen (secondary N) is 1. The number of carbonyl (C=O) groups excluding carboxylic acids is 1. The summed E-state index contributed by atoms with van der Waals surface area (Å²) in [7, 11) is 0. The van der Waals surface area contributed by atoms with Gasteiger partial charge in [0.05, 0.1) is 11.7 Å². The Kier molecular flexibility index (Phi) is 5.62. The second-order valence-corrected chi connectivity index (χ2v) is 5.82. The van der Waals surface area contributed by atoms with Gasteiger partial charge in [-0.05, 0) is 44.7 Å². The van der Waals surface area contributed by atoms with Crippen LogP contribution in [0.15, 0.2) is 18.2 Å². The normalized spacial score (nSPS) is 16.0. The van der Waals surface area contributed by atoms with E-state index < -0.39 is 0 Å². The number of aryl methyl sites for hydroxylation is 1. The van der Waals surface area contributed by atoms with Crippen molar-refractivity contribution in [2.24, 2.45) is 0 Å². The van der Waals surface area contributed by atoms with Gasteiger partial charge in [-0.1, -0.05) is 18.6 Å². The van der Waals surface area contributed by atoms with Crippen LogP contribution in [0.5, 0.6) is 0 Å². The molecule has 1 heterocycles. The fourth-order valence-electron chi connectivity index (χ4n) is 2.72. The van der Waals surface area contributed by atoms with Gasteiger partial charge in [0, 0.05) is 25.3 Å². The van der Waals surface area contributed by atoms with E-state index in [1.165, 1.54) is 12.8 Å². The summed E-state index contributed by atoms with van der Waals surface area (Å²) in [5.41, 5.74) is 2.88. The van der Waals surface area contributed by atoms with Crippen molar-refractivity contribution in [3.63, 3.8) is 0 Å². The van der Waals surface area contributed by atoms with Gasteiger partial charge in [0.2, 0.25) is 0 Å². The van der Waals surface area contributed by atoms with Gasteiger partial charge in [0.15, 0.2) is 0 Å². The van der Waals surface area contributed by atoms with Crippen LogP contribution in [0.4, 0.5) is 5.69 Å². The lowest BCUT2D eigenvalue weighted by molar-refractivity contribution is 0.0942. The van der Waals surface area contributed by atoms with E-state index in [-0.39, 0.29) is 12.0 Å². The van der Waals surface area contributed by atoms with Crippen LogP contribution in [0.25, 0.3) is 0 Å². The lowest BCUT2D eigenvalue weighted by Gasteiger charge is -2.21. The van der Waals surface area contributed by atoms with Crippen LogP contribution in [-0.2, 0) is 0 Å². The molecular formula is C17H26N2O2. The maximum atomic E-state index is 12.4. The number of anilines is 1. The van der Waals surface area contributed by atoms with E-state index in [0.29, 0.717) is 13.0 Å². The summed E-state index contributed by atoms with van der Waals surface area (Å²) in [6.45, 7) is 6.51. The number of rotatable bonds is 6. The smallest absolute Gasteiger partial charge is 0.253 e. The number of hydrogen-bond donors (Lipinski definition) is 2. The molecule has 1 atom stereocenters. The molecule has 2 rings (SSSR count). The summed E-state index contributed by atoms with van der Waals surface area (Å²) in [6.07, 6.45) is 3.38. The molecule has 0 aromatic heterocycles. The first kappa shape index (κ1) is 15.8. The summed E-state index contributed by atoms with van der Waals surface area (Å²) >= 11 is 0. The minimum atomic E-state index is -0.333. The summed E-state index contributed by atoms with van der Waals surface area (Å²) in [6, 6.07) is 6.07. The highest BCUT2D eigenvalue weighted by Gasteiger charge is 2.19. The van der Waals surface area contributed by atoms with E-state index in [4.69, 9.17) is 0 Å². The Balaban J connectivity index is 2.06. The molecule has 1 aromatic rings. The first-order valence-corrected chi connectivity index (χ1v) is 7.93. The van der Waals surface area contributed by atoms with Crippen LogP contribution in [-0.4, -0.2) is 36.8 Å². The predicted octanol–water partition coefficient (Wildman–Crippen LogP) is 2.49. The van der Waals surface area contributed by atoms with E-state index in [2.05, 4.69) is 22.3 Å². The molecule has 1 saturated heterocycles. The molecule has 1 fully saturated rings. The summed E-state index contributed by atoms with van der Waals surface area (Å²) in [4.78, 5) is 14.7. The van der Waals surface area contributed by atoms with Crippen LogP contribution in [0.1, 0.15) is 48.5 Å². The fraction of sp³-hybridized carbons (Fsp3) is 0.588. The molecule has 21 heavy (non-hydrogen) atoms. The molecule has 0 aliphatic carbocycles. The molecule has 4 heteroatoms. The number of carbonyl (C=O) groups is 1. The highest BCUT2D eigenvalue weighted by atomic mass is 16.3. The molecule has 1 amide bonds. The van der Waals surface area contributed by atoms with E-state index in [1.807, 2.05) is 19.9 Å². The van der Waals surface area contributed by atoms with Crippen molar-refractivity contribution in [2.75, 3.05) is 24.5 Å². The minimum absolute atomic E-state index is 0.0381. The van der Waals surface area contributed by atoms with Crippen LogP contribution < -0.4 is 10.2 Å². The highest BCUT2D eigenvalue weighted by molar-refractivity contribution is 6.00. The lowest BCUT2D eigenvalue weighted by Crippen LogP contribution is -2.29. The zero-order valence-electron chi connectivity index (χ0n) is 13.1. The molecule has 116 valence electrons. The van der Waals surface area contributed by atoms with Gasteiger partial charge in [-0.15, -0.1) is 0 Å². The molecule has 0 saturated carbocycles. The Labute approximate surface area is 127 Å². The summed E-state index contributed by atoms with van der Waals surface area (Å²) in [5, 5.41) is 12.5. The molecule has 0 spiro atoms. The Morgan fingerprint density at radius 2 is 2.10 bits per heavy atom. The number of aliphatic hydroxyl groups excluding tert-OH is 1. The predicted molar refractivity (Wildman–Crippen MR) is 85.9 cm³/mol. The summed E-state index contributed by atoms with van der Waals surface area (Å²) in [5.74, 6) is -0.0381. The van der Waals surface area contributed by atoms with Crippen LogP contribution in [0.3, 0.4) is 0 Å². The second-order valence-electron chi connectivity index (χ2n) is 5.82. The average Bonchev–Trinajstić information content (AvgIpc) is 3.00. The minimum Gasteiger partial charge on any atom is -0.393 e. The van der Waals surface area contributed by atoms with Crippen molar-refractivity contribution in [3.05, 3.63) is 29.3 Å². The number of nitrogens with zero attached hydrogens (tertiary/aromatic N) is 1. The summed E-state index contributed by atoms with van der Waals surface area (Å²) < 4.78 is 0. The lowest BCUT2D eigenvalue weighted by atomic mass is 10.1. The fourth-order valence-corrected chi connectivity index (χ4v) is 2.72. The molecule has 1 aromatic carbocycles. The van der Waals surface area contributed by atoms with E-state index >= 15 is 0 Å². The second kappa shape index (κ2) is 7.46. The van der Waals surface area contributed by atoms with Gasteiger partial charge in [0.25, 0.3) is 5.91 Å². The third-order valence-corrected chi connectivity index (χ3v) is 4.08. The molecule has 1 unspecified atom stereocenters. The van der Waals surface area contributed by atoms with Gasteiger partial charge in [-0.2, -0.15) is 0 Å². The molecular weight excluding hydrogens is 264 g/mol. The first-order chi connectivity index (χ1) is 10.1. The zero-order chi connectivity index (χ0) is 15.2. The van der Waals surface area contributed by atoms with Crippen molar-refractivity contribution >= 4 is 11.6 Å². The number of benzene rings is 1. The third-order valence-electron chi connectivity index (χ3n) is 4.08. The highest BCUT2D eigenvalue weighted by Crippen LogP contribution is 2.25. The van der Waals surface area contributed by atoms with Crippen molar-refractivity contribution in [1.29, 1.82) is 0 Å². The van der Waals surface area contributed by atoms with Gasteiger partial charge >= 0.3 is 0 Å². The van der Waals surface area contributed by atoms with Gasteiger partial charge in [-0.3, -0.25) is 4.79 Å². The quantitative estimate of drug-likeness (QED) is 0.846. The monoisotopic (exact) mass is 290 g/mol.